The molecule has 8 nitrogen and oxygen atoms in total. The number of nitrogens with zero attached hydrogens (tertiary/aromatic N) is 4. The zero-order valence-electron chi connectivity index (χ0n) is 25.1. The molecular formula is C34H48N4O4. The molecule has 0 heterocycles. The standard InChI is InChI=1S/C34H48N4O4/c1-37-33-16-15-32(20-34(33)38-2)42-30-8-4-6-28(19-30)40-26-13-11-25(12-14-26)39-27-5-3-7-29(18-27)41-31-10-9-23(21-35)24(17-31)22-36/h23-34H,3-20H2. The molecule has 0 bridgehead atoms. The highest BCUT2D eigenvalue weighted by Gasteiger charge is 2.41. The molecule has 0 spiro atoms. The quantitative estimate of drug-likeness (QED) is 0.290. The summed E-state index contributed by atoms with van der Waals surface area (Å²) in [6, 6.07) is 4.26. The lowest BCUT2D eigenvalue weighted by molar-refractivity contribution is -0.129. The highest BCUT2D eigenvalue weighted by atomic mass is 16.5. The summed E-state index contributed by atoms with van der Waals surface area (Å²) < 4.78 is 26.2. The number of rotatable bonds is 8. The van der Waals surface area contributed by atoms with E-state index in [0.29, 0.717) is 25.0 Å². The van der Waals surface area contributed by atoms with Crippen molar-refractivity contribution in [3.63, 3.8) is 0 Å². The Morgan fingerprint density at radius 2 is 0.833 bits per heavy atom. The van der Waals surface area contributed by atoms with Gasteiger partial charge in [-0.25, -0.2) is 13.1 Å². The molecule has 0 saturated heterocycles. The first-order valence-electron chi connectivity index (χ1n) is 16.7. The van der Waals surface area contributed by atoms with Gasteiger partial charge >= 0.3 is 0 Å². The van der Waals surface area contributed by atoms with Crippen LogP contribution in [0.3, 0.4) is 0 Å². The van der Waals surface area contributed by atoms with E-state index < -0.39 is 0 Å². The van der Waals surface area contributed by atoms with Crippen molar-refractivity contribution in [2.24, 2.45) is 11.8 Å². The summed E-state index contributed by atoms with van der Waals surface area (Å²) >= 11 is 0. The lowest BCUT2D eigenvalue weighted by atomic mass is 9.79. The second-order valence-electron chi connectivity index (χ2n) is 13.5. The number of nitriles is 2. The van der Waals surface area contributed by atoms with Crippen LogP contribution in [0, 0.1) is 47.6 Å². The highest BCUT2D eigenvalue weighted by molar-refractivity contribution is 5.03. The maximum Gasteiger partial charge on any atom is 0.299 e. The van der Waals surface area contributed by atoms with E-state index in [1.54, 1.807) is 0 Å². The average Bonchev–Trinajstić information content (AvgIpc) is 3.02. The highest BCUT2D eigenvalue weighted by Crippen LogP contribution is 2.36. The Labute approximate surface area is 252 Å². The fourth-order valence-electron chi connectivity index (χ4n) is 8.15. The molecular weight excluding hydrogens is 528 g/mol. The number of ether oxygens (including phenoxy) is 4. The van der Waals surface area contributed by atoms with Gasteiger partial charge in [0.1, 0.15) is 0 Å². The average molecular weight is 577 g/mol. The van der Waals surface area contributed by atoms with Crippen LogP contribution < -0.4 is 0 Å². The monoisotopic (exact) mass is 576 g/mol. The zero-order valence-corrected chi connectivity index (χ0v) is 25.1. The molecule has 228 valence electrons. The van der Waals surface area contributed by atoms with Crippen molar-refractivity contribution < 1.29 is 18.9 Å². The Kier molecular flexibility index (Phi) is 11.5. The Hall–Kier alpha value is -2.20. The maximum atomic E-state index is 9.45. The first kappa shape index (κ1) is 31.2. The van der Waals surface area contributed by atoms with E-state index in [0.717, 1.165) is 103 Å². The van der Waals surface area contributed by atoms with Gasteiger partial charge in [0.2, 0.25) is 0 Å². The molecule has 0 N–H and O–H groups in total. The van der Waals surface area contributed by atoms with Gasteiger partial charge in [-0.3, -0.25) is 0 Å². The van der Waals surface area contributed by atoms with Gasteiger partial charge in [0.15, 0.2) is 0 Å². The largest absolute Gasteiger partial charge is 0.375 e. The van der Waals surface area contributed by atoms with Crippen molar-refractivity contribution in [2.45, 2.75) is 176 Å². The fraction of sp³-hybridized carbons (Fsp3) is 0.882. The first-order chi connectivity index (χ1) is 20.6. The van der Waals surface area contributed by atoms with Gasteiger partial charge in [-0.1, -0.05) is 0 Å². The lowest BCUT2D eigenvalue weighted by Crippen LogP contribution is -2.39. The predicted molar refractivity (Wildman–Crippen MR) is 157 cm³/mol. The van der Waals surface area contributed by atoms with Crippen LogP contribution in [0.15, 0.2) is 0 Å². The molecule has 8 heteroatoms. The minimum absolute atomic E-state index is 0.0933. The second kappa shape index (κ2) is 15.5. The Morgan fingerprint density at radius 1 is 0.429 bits per heavy atom. The van der Waals surface area contributed by atoms with E-state index in [1.807, 2.05) is 0 Å². The van der Waals surface area contributed by atoms with E-state index >= 15 is 0 Å². The molecule has 0 aromatic heterocycles. The molecule has 0 aromatic carbocycles. The van der Waals surface area contributed by atoms with Crippen LogP contribution in [0.2, 0.25) is 0 Å². The normalized spacial score (nSPS) is 42.8. The van der Waals surface area contributed by atoms with E-state index in [4.69, 9.17) is 32.1 Å². The van der Waals surface area contributed by atoms with Crippen LogP contribution in [-0.4, -0.2) is 60.9 Å². The molecule has 5 aliphatic carbocycles. The summed E-state index contributed by atoms with van der Waals surface area (Å²) in [5.74, 6) is -0.354. The van der Waals surface area contributed by atoms with Gasteiger partial charge in [0.05, 0.1) is 79.2 Å². The molecule has 5 rings (SSSR count). The summed E-state index contributed by atoms with van der Waals surface area (Å²) in [6.45, 7) is 14.8. The van der Waals surface area contributed by atoms with Crippen molar-refractivity contribution in [1.29, 1.82) is 10.5 Å². The van der Waals surface area contributed by atoms with Gasteiger partial charge in [-0.2, -0.15) is 10.5 Å². The zero-order chi connectivity index (χ0) is 29.3. The first-order valence-corrected chi connectivity index (χ1v) is 16.7. The van der Waals surface area contributed by atoms with Crippen molar-refractivity contribution in [1.82, 2.24) is 0 Å². The minimum Gasteiger partial charge on any atom is -0.375 e. The van der Waals surface area contributed by atoms with Crippen molar-refractivity contribution in [3.8, 4) is 12.1 Å². The molecule has 5 fully saturated rings. The van der Waals surface area contributed by atoms with Gasteiger partial charge in [-0.15, -0.1) is 0 Å². The molecule has 10 atom stereocenters. The molecule has 0 amide bonds. The molecule has 0 aliphatic heterocycles. The Morgan fingerprint density at radius 3 is 1.31 bits per heavy atom. The fourth-order valence-corrected chi connectivity index (χ4v) is 8.15. The number of hydrogen-bond acceptors (Lipinski definition) is 6. The Balaban J connectivity index is 0.989. The van der Waals surface area contributed by atoms with Gasteiger partial charge in [0, 0.05) is 6.42 Å². The maximum absolute atomic E-state index is 9.45. The van der Waals surface area contributed by atoms with Crippen molar-refractivity contribution >= 4 is 0 Å². The van der Waals surface area contributed by atoms with E-state index in [1.165, 1.54) is 0 Å². The smallest absolute Gasteiger partial charge is 0.299 e. The third kappa shape index (κ3) is 8.46. The SMILES string of the molecule is [C-]#[N+]C1CCC(OC2CCCC(OC3CCC(OC4CCCC(OC5CCC(C#N)C(C#N)C5)C4)CC3)C2)CC1[N+]#[C-]. The van der Waals surface area contributed by atoms with Crippen LogP contribution in [-0.2, 0) is 18.9 Å². The van der Waals surface area contributed by atoms with Crippen LogP contribution in [0.4, 0.5) is 0 Å². The van der Waals surface area contributed by atoms with Crippen molar-refractivity contribution in [3.05, 3.63) is 22.8 Å². The third-order valence-corrected chi connectivity index (χ3v) is 10.5. The summed E-state index contributed by atoms with van der Waals surface area (Å²) in [5.41, 5.74) is 0. The molecule has 5 aliphatic rings. The summed E-state index contributed by atoms with van der Waals surface area (Å²) in [7, 11) is 0. The molecule has 42 heavy (non-hydrogen) atoms. The van der Waals surface area contributed by atoms with E-state index in [2.05, 4.69) is 21.8 Å². The Bertz CT molecular complexity index is 952. The van der Waals surface area contributed by atoms with Crippen LogP contribution in [0.1, 0.15) is 116 Å². The minimum atomic E-state index is -0.214. The lowest BCUT2D eigenvalue weighted by Gasteiger charge is -2.38. The van der Waals surface area contributed by atoms with Crippen molar-refractivity contribution in [2.75, 3.05) is 0 Å². The van der Waals surface area contributed by atoms with Crippen LogP contribution >= 0.6 is 0 Å². The topological polar surface area (TPSA) is 93.2 Å². The molecule has 0 aromatic rings. The summed E-state index contributed by atoms with van der Waals surface area (Å²) in [5, 5.41) is 18.7. The molecule has 10 unspecified atom stereocenters. The van der Waals surface area contributed by atoms with Gasteiger partial charge in [-0.05, 0) is 103 Å². The van der Waals surface area contributed by atoms with Crippen LogP contribution in [0.5, 0.6) is 0 Å². The second-order valence-corrected chi connectivity index (χ2v) is 13.5. The summed E-state index contributed by atoms with van der Waals surface area (Å²) in [6.07, 6.45) is 19.0. The molecule has 0 radical (unpaired) electrons. The number of hydrogen-bond donors (Lipinski definition) is 0. The van der Waals surface area contributed by atoms with E-state index in [-0.39, 0.29) is 60.5 Å². The third-order valence-electron chi connectivity index (χ3n) is 10.5. The van der Waals surface area contributed by atoms with Crippen LogP contribution in [0.25, 0.3) is 9.69 Å². The molecule has 5 saturated carbocycles. The van der Waals surface area contributed by atoms with Gasteiger partial charge in [0.25, 0.3) is 12.1 Å². The summed E-state index contributed by atoms with van der Waals surface area (Å²) in [4.78, 5) is 7.37. The predicted octanol–water partition coefficient (Wildman–Crippen LogP) is 6.95. The van der Waals surface area contributed by atoms with E-state index in [9.17, 15) is 10.5 Å². The van der Waals surface area contributed by atoms with Gasteiger partial charge < -0.3 is 28.6 Å².